The standard InChI is InChI=1S/C21H20FN5O2S/c1-26(13-19(28)24-16-9-7-15(22)8-10-16)20(29)14-30-21-25-17-5-2-3-6-18(17)27(21)12-4-11-23/h2-3,5-10H,4,12-14H2,1H3,(H,24,28). The Bertz CT molecular complexity index is 1090. The molecule has 9 heteroatoms. The summed E-state index contributed by atoms with van der Waals surface area (Å²) in [5, 5.41) is 12.2. The predicted octanol–water partition coefficient (Wildman–Crippen LogP) is 3.28. The van der Waals surface area contributed by atoms with Gasteiger partial charge in [-0.2, -0.15) is 5.26 Å². The van der Waals surface area contributed by atoms with Gasteiger partial charge in [-0.3, -0.25) is 9.59 Å². The molecule has 7 nitrogen and oxygen atoms in total. The molecule has 0 fully saturated rings. The number of para-hydroxylation sites is 2. The number of thioether (sulfide) groups is 1. The van der Waals surface area contributed by atoms with Crippen LogP contribution in [0.1, 0.15) is 6.42 Å². The van der Waals surface area contributed by atoms with Crippen molar-refractivity contribution in [3.63, 3.8) is 0 Å². The van der Waals surface area contributed by atoms with E-state index in [0.29, 0.717) is 23.8 Å². The van der Waals surface area contributed by atoms with Crippen molar-refractivity contribution in [3.8, 4) is 6.07 Å². The van der Waals surface area contributed by atoms with Gasteiger partial charge in [-0.25, -0.2) is 9.37 Å². The number of carbonyl (C=O) groups excluding carboxylic acids is 2. The van der Waals surface area contributed by atoms with Crippen molar-refractivity contribution in [1.29, 1.82) is 5.26 Å². The highest BCUT2D eigenvalue weighted by Gasteiger charge is 2.17. The first-order valence-corrected chi connectivity index (χ1v) is 10.2. The second kappa shape index (κ2) is 9.89. The molecule has 2 aromatic carbocycles. The van der Waals surface area contributed by atoms with Gasteiger partial charge in [0.25, 0.3) is 0 Å². The lowest BCUT2D eigenvalue weighted by molar-refractivity contribution is -0.131. The number of fused-ring (bicyclic) bond motifs is 1. The average Bonchev–Trinajstić information content (AvgIpc) is 3.09. The Balaban J connectivity index is 1.58. The number of anilines is 1. The van der Waals surface area contributed by atoms with E-state index >= 15 is 0 Å². The summed E-state index contributed by atoms with van der Waals surface area (Å²) in [4.78, 5) is 30.5. The molecular formula is C21H20FN5O2S. The summed E-state index contributed by atoms with van der Waals surface area (Å²) in [6.07, 6.45) is 0.339. The molecule has 0 unspecified atom stereocenters. The third-order valence-electron chi connectivity index (χ3n) is 4.33. The minimum atomic E-state index is -0.391. The molecule has 0 spiro atoms. The molecule has 0 aliphatic rings. The molecule has 1 N–H and O–H groups in total. The van der Waals surface area contributed by atoms with E-state index in [1.165, 1.54) is 40.9 Å². The fourth-order valence-electron chi connectivity index (χ4n) is 2.82. The van der Waals surface area contributed by atoms with E-state index in [1.54, 1.807) is 7.05 Å². The first kappa shape index (κ1) is 21.3. The summed E-state index contributed by atoms with van der Waals surface area (Å²) in [5.41, 5.74) is 2.18. The number of imidazole rings is 1. The van der Waals surface area contributed by atoms with Crippen molar-refractivity contribution < 1.29 is 14.0 Å². The number of aryl methyl sites for hydroxylation is 1. The molecule has 0 radical (unpaired) electrons. The van der Waals surface area contributed by atoms with Crippen molar-refractivity contribution in [2.75, 3.05) is 24.7 Å². The van der Waals surface area contributed by atoms with Gasteiger partial charge in [-0.05, 0) is 36.4 Å². The molecule has 0 saturated heterocycles. The van der Waals surface area contributed by atoms with Gasteiger partial charge in [0.2, 0.25) is 11.8 Å². The van der Waals surface area contributed by atoms with Gasteiger partial charge in [0.1, 0.15) is 5.82 Å². The van der Waals surface area contributed by atoms with Crippen molar-refractivity contribution in [1.82, 2.24) is 14.5 Å². The van der Waals surface area contributed by atoms with Crippen molar-refractivity contribution in [2.24, 2.45) is 0 Å². The molecule has 0 aliphatic heterocycles. The molecule has 3 aromatic rings. The maximum absolute atomic E-state index is 12.9. The molecule has 0 aliphatic carbocycles. The molecule has 0 atom stereocenters. The molecule has 30 heavy (non-hydrogen) atoms. The van der Waals surface area contributed by atoms with Gasteiger partial charge in [-0.1, -0.05) is 23.9 Å². The smallest absolute Gasteiger partial charge is 0.243 e. The Morgan fingerprint density at radius 3 is 2.70 bits per heavy atom. The van der Waals surface area contributed by atoms with Gasteiger partial charge in [0, 0.05) is 19.3 Å². The van der Waals surface area contributed by atoms with Crippen LogP contribution in [0, 0.1) is 17.1 Å². The lowest BCUT2D eigenvalue weighted by atomic mass is 10.3. The number of nitrogens with one attached hydrogen (secondary N) is 1. The third kappa shape index (κ3) is 5.36. The van der Waals surface area contributed by atoms with Gasteiger partial charge in [0.15, 0.2) is 5.16 Å². The van der Waals surface area contributed by atoms with Crippen LogP contribution >= 0.6 is 11.8 Å². The molecular weight excluding hydrogens is 405 g/mol. The van der Waals surface area contributed by atoms with Crippen molar-refractivity contribution in [2.45, 2.75) is 18.1 Å². The Morgan fingerprint density at radius 1 is 1.23 bits per heavy atom. The van der Waals surface area contributed by atoms with Crippen LogP contribution in [0.15, 0.2) is 53.7 Å². The summed E-state index contributed by atoms with van der Waals surface area (Å²) in [7, 11) is 1.55. The van der Waals surface area contributed by atoms with Crippen molar-refractivity contribution >= 4 is 40.3 Å². The van der Waals surface area contributed by atoms with Crippen molar-refractivity contribution in [3.05, 3.63) is 54.3 Å². The van der Waals surface area contributed by atoms with Crippen LogP contribution in [-0.4, -0.2) is 45.6 Å². The Labute approximate surface area is 177 Å². The van der Waals surface area contributed by atoms with E-state index in [4.69, 9.17) is 5.26 Å². The molecule has 154 valence electrons. The van der Waals surface area contributed by atoms with Gasteiger partial charge >= 0.3 is 0 Å². The molecule has 3 rings (SSSR count). The van der Waals surface area contributed by atoms with Crippen LogP contribution in [0.3, 0.4) is 0 Å². The van der Waals surface area contributed by atoms with Crippen LogP contribution in [-0.2, 0) is 16.1 Å². The highest BCUT2D eigenvalue weighted by Crippen LogP contribution is 2.24. The van der Waals surface area contributed by atoms with Crippen LogP contribution in [0.5, 0.6) is 0 Å². The van der Waals surface area contributed by atoms with Crippen LogP contribution in [0.25, 0.3) is 11.0 Å². The molecule has 1 heterocycles. The van der Waals surface area contributed by atoms with E-state index in [2.05, 4.69) is 16.4 Å². The minimum Gasteiger partial charge on any atom is -0.336 e. The molecule has 1 aromatic heterocycles. The van der Waals surface area contributed by atoms with Gasteiger partial charge in [0.05, 0.1) is 35.8 Å². The van der Waals surface area contributed by atoms with E-state index in [9.17, 15) is 14.0 Å². The number of hydrogen-bond acceptors (Lipinski definition) is 5. The third-order valence-corrected chi connectivity index (χ3v) is 5.29. The lowest BCUT2D eigenvalue weighted by Gasteiger charge is -2.16. The number of amides is 2. The normalized spacial score (nSPS) is 10.6. The van der Waals surface area contributed by atoms with Crippen LogP contribution in [0.4, 0.5) is 10.1 Å². The summed E-state index contributed by atoms with van der Waals surface area (Å²) >= 11 is 1.27. The van der Waals surface area contributed by atoms with Gasteiger partial charge < -0.3 is 14.8 Å². The summed E-state index contributed by atoms with van der Waals surface area (Å²) in [6, 6.07) is 15.1. The Morgan fingerprint density at radius 2 is 1.97 bits per heavy atom. The number of nitrogens with zero attached hydrogens (tertiary/aromatic N) is 4. The topological polar surface area (TPSA) is 91.0 Å². The largest absolute Gasteiger partial charge is 0.336 e. The second-order valence-electron chi connectivity index (χ2n) is 6.54. The number of nitriles is 1. The first-order valence-electron chi connectivity index (χ1n) is 9.22. The highest BCUT2D eigenvalue weighted by molar-refractivity contribution is 7.99. The number of benzene rings is 2. The predicted molar refractivity (Wildman–Crippen MR) is 113 cm³/mol. The zero-order valence-corrected chi connectivity index (χ0v) is 17.2. The summed E-state index contributed by atoms with van der Waals surface area (Å²) < 4.78 is 14.9. The number of carbonyl (C=O) groups is 2. The summed E-state index contributed by atoms with van der Waals surface area (Å²) in [5.74, 6) is -0.883. The fourth-order valence-corrected chi connectivity index (χ4v) is 3.80. The summed E-state index contributed by atoms with van der Waals surface area (Å²) in [6.45, 7) is 0.366. The van der Waals surface area contributed by atoms with E-state index < -0.39 is 5.82 Å². The highest BCUT2D eigenvalue weighted by atomic mass is 32.2. The lowest BCUT2D eigenvalue weighted by Crippen LogP contribution is -2.36. The van der Waals surface area contributed by atoms with E-state index in [-0.39, 0.29) is 24.1 Å². The minimum absolute atomic E-state index is 0.107. The maximum atomic E-state index is 12.9. The SMILES string of the molecule is CN(CC(=O)Nc1ccc(F)cc1)C(=O)CSc1nc2ccccc2n1CCC#N. The van der Waals surface area contributed by atoms with Crippen LogP contribution in [0.2, 0.25) is 0 Å². The number of likely N-dealkylation sites (N-methyl/N-ethyl adjacent to an activating group) is 1. The monoisotopic (exact) mass is 425 g/mol. The van der Waals surface area contributed by atoms with E-state index in [1.807, 2.05) is 28.8 Å². The molecule has 0 bridgehead atoms. The maximum Gasteiger partial charge on any atom is 0.243 e. The average molecular weight is 425 g/mol. The number of hydrogen-bond donors (Lipinski definition) is 1. The Kier molecular flexibility index (Phi) is 7.03. The fraction of sp³-hybridized carbons (Fsp3) is 0.238. The van der Waals surface area contributed by atoms with E-state index in [0.717, 1.165) is 11.0 Å². The number of aromatic nitrogens is 2. The Hall–Kier alpha value is -3.38. The number of halogens is 1. The first-order chi connectivity index (χ1) is 14.5. The van der Waals surface area contributed by atoms with Crippen LogP contribution < -0.4 is 5.32 Å². The molecule has 0 saturated carbocycles. The second-order valence-corrected chi connectivity index (χ2v) is 7.48. The number of rotatable bonds is 8. The zero-order valence-electron chi connectivity index (χ0n) is 16.3. The van der Waals surface area contributed by atoms with Gasteiger partial charge in [-0.15, -0.1) is 0 Å². The quantitative estimate of drug-likeness (QED) is 0.560. The molecule has 2 amide bonds. The zero-order chi connectivity index (χ0) is 21.5.